The van der Waals surface area contributed by atoms with E-state index in [4.69, 9.17) is 20.3 Å². The van der Waals surface area contributed by atoms with E-state index in [0.717, 1.165) is 0 Å². The molecule has 0 amide bonds. The maximum atomic E-state index is 11.7. The molecule has 0 aliphatic carbocycles. The lowest BCUT2D eigenvalue weighted by Crippen LogP contribution is -1.96. The van der Waals surface area contributed by atoms with Gasteiger partial charge in [-0.25, -0.2) is 9.59 Å². The Bertz CT molecular complexity index is 1250. The van der Waals surface area contributed by atoms with Gasteiger partial charge in [0.05, 0.1) is 42.4 Å². The predicted octanol–water partition coefficient (Wildman–Crippen LogP) is 5.51. The van der Waals surface area contributed by atoms with E-state index >= 15 is 0 Å². The Morgan fingerprint density at radius 1 is 0.727 bits per heavy atom. The van der Waals surface area contributed by atoms with Crippen LogP contribution in [0.25, 0.3) is 0 Å². The lowest BCUT2D eigenvalue weighted by Gasteiger charge is -2.09. The summed E-state index contributed by atoms with van der Waals surface area (Å²) in [5.74, 6) is -1.53. The van der Waals surface area contributed by atoms with Crippen LogP contribution in [0, 0.1) is 0 Å². The minimum Gasteiger partial charge on any atom is -0.495 e. The Morgan fingerprint density at radius 3 is 1.94 bits per heavy atom. The Labute approximate surface area is 187 Å². The fraction of sp³-hybridized carbons (Fsp3) is 0.0909. The lowest BCUT2D eigenvalue weighted by atomic mass is 10.1. The molecule has 0 aliphatic rings. The van der Waals surface area contributed by atoms with Crippen LogP contribution >= 0.6 is 0 Å². The van der Waals surface area contributed by atoms with E-state index in [0.29, 0.717) is 28.6 Å². The molecule has 0 heterocycles. The largest absolute Gasteiger partial charge is 0.495 e. The quantitative estimate of drug-likeness (QED) is 0.300. The number of azo groups is 2. The molecule has 0 saturated carbocycles. The Hall–Kier alpha value is -4.80. The average Bonchev–Trinajstić information content (AvgIpc) is 2.82. The zero-order chi connectivity index (χ0) is 24.0. The van der Waals surface area contributed by atoms with Gasteiger partial charge in [-0.3, -0.25) is 0 Å². The van der Waals surface area contributed by atoms with Crippen LogP contribution in [0.3, 0.4) is 0 Å². The van der Waals surface area contributed by atoms with E-state index in [1.54, 1.807) is 12.1 Å². The molecular weight excluding hydrogens is 430 g/mol. The standard InChI is InChI=1S/C22H19N5O6/c1-32-19-11-18(20(33-2)10-16(19)23)27-25-14-7-8-17(15(9-14)22(30)31)26-24-13-5-3-12(4-6-13)21(28)29/h3-11H,23H2,1-2H3,(H,28,29)(H,30,31). The van der Waals surface area contributed by atoms with Crippen molar-refractivity contribution in [2.24, 2.45) is 20.5 Å². The predicted molar refractivity (Wildman–Crippen MR) is 119 cm³/mol. The molecule has 4 N–H and O–H groups in total. The third-order valence-corrected chi connectivity index (χ3v) is 4.40. The molecule has 168 valence electrons. The van der Waals surface area contributed by atoms with Gasteiger partial charge >= 0.3 is 11.9 Å². The number of methoxy groups -OCH3 is 2. The Balaban J connectivity index is 1.89. The molecule has 33 heavy (non-hydrogen) atoms. The zero-order valence-corrected chi connectivity index (χ0v) is 17.6. The molecule has 0 fully saturated rings. The number of nitrogens with zero attached hydrogens (tertiary/aromatic N) is 4. The lowest BCUT2D eigenvalue weighted by molar-refractivity contribution is 0.0686. The molecule has 0 atom stereocenters. The molecule has 0 unspecified atom stereocenters. The van der Waals surface area contributed by atoms with Crippen LogP contribution in [0.2, 0.25) is 0 Å². The first-order valence-corrected chi connectivity index (χ1v) is 9.38. The maximum Gasteiger partial charge on any atom is 0.338 e. The number of carboxylic acids is 2. The van der Waals surface area contributed by atoms with Gasteiger partial charge in [0.1, 0.15) is 22.9 Å². The van der Waals surface area contributed by atoms with Crippen LogP contribution in [-0.2, 0) is 0 Å². The number of hydrogen-bond donors (Lipinski definition) is 3. The van der Waals surface area contributed by atoms with Crippen LogP contribution in [0.4, 0.5) is 28.4 Å². The number of nitrogen functional groups attached to an aromatic ring is 1. The summed E-state index contributed by atoms with van der Waals surface area (Å²) in [5, 5.41) is 34.6. The van der Waals surface area contributed by atoms with E-state index in [2.05, 4.69) is 20.5 Å². The molecule has 11 heteroatoms. The topological polar surface area (TPSA) is 169 Å². The third-order valence-electron chi connectivity index (χ3n) is 4.40. The van der Waals surface area contributed by atoms with Crippen LogP contribution in [0.15, 0.2) is 75.1 Å². The summed E-state index contributed by atoms with van der Waals surface area (Å²) in [7, 11) is 2.92. The fourth-order valence-corrected chi connectivity index (χ4v) is 2.72. The molecule has 3 rings (SSSR count). The summed E-state index contributed by atoms with van der Waals surface area (Å²) in [6.07, 6.45) is 0. The third kappa shape index (κ3) is 5.47. The van der Waals surface area contributed by atoms with Crippen molar-refractivity contribution in [2.45, 2.75) is 0 Å². The van der Waals surface area contributed by atoms with Gasteiger partial charge in [-0.05, 0) is 42.5 Å². The van der Waals surface area contributed by atoms with Crippen LogP contribution in [-0.4, -0.2) is 36.4 Å². The number of rotatable bonds is 8. The summed E-state index contributed by atoms with van der Waals surface area (Å²) < 4.78 is 10.4. The van der Waals surface area contributed by atoms with E-state index in [9.17, 15) is 14.7 Å². The first-order chi connectivity index (χ1) is 15.8. The van der Waals surface area contributed by atoms with Gasteiger partial charge in [-0.1, -0.05) is 0 Å². The summed E-state index contributed by atoms with van der Waals surface area (Å²) in [6, 6.07) is 13.0. The molecular formula is C22H19N5O6. The second-order valence-corrected chi connectivity index (χ2v) is 6.52. The van der Waals surface area contributed by atoms with Gasteiger partial charge in [-0.15, -0.1) is 10.2 Å². The summed E-state index contributed by atoms with van der Waals surface area (Å²) in [6.45, 7) is 0. The fourth-order valence-electron chi connectivity index (χ4n) is 2.72. The SMILES string of the molecule is COc1cc(N=Nc2ccc(N=Nc3ccc(C(=O)O)cc3)c(C(=O)O)c2)c(OC)cc1N. The molecule has 0 saturated heterocycles. The molecule has 0 aliphatic heterocycles. The molecule has 0 spiro atoms. The van der Waals surface area contributed by atoms with E-state index in [1.165, 1.54) is 56.7 Å². The van der Waals surface area contributed by atoms with E-state index < -0.39 is 11.9 Å². The maximum absolute atomic E-state index is 11.7. The number of hydrogen-bond acceptors (Lipinski definition) is 9. The van der Waals surface area contributed by atoms with Gasteiger partial charge in [0.15, 0.2) is 0 Å². The highest BCUT2D eigenvalue weighted by Crippen LogP contribution is 2.37. The Morgan fingerprint density at radius 2 is 1.33 bits per heavy atom. The van der Waals surface area contributed by atoms with E-state index in [1.807, 2.05) is 0 Å². The summed E-state index contributed by atoms with van der Waals surface area (Å²) in [4.78, 5) is 22.6. The number of carboxylic acid groups (broad SMARTS) is 2. The average molecular weight is 449 g/mol. The highest BCUT2D eigenvalue weighted by Gasteiger charge is 2.12. The number of nitrogens with two attached hydrogens (primary N) is 1. The van der Waals surface area contributed by atoms with Crippen molar-refractivity contribution < 1.29 is 29.3 Å². The number of ether oxygens (including phenoxy) is 2. The summed E-state index contributed by atoms with van der Waals surface area (Å²) >= 11 is 0. The van der Waals surface area contributed by atoms with Gasteiger partial charge < -0.3 is 25.4 Å². The minimum atomic E-state index is -1.23. The first kappa shape index (κ1) is 22.9. The van der Waals surface area contributed by atoms with Crippen molar-refractivity contribution in [3.05, 3.63) is 65.7 Å². The van der Waals surface area contributed by atoms with Gasteiger partial charge in [0, 0.05) is 12.1 Å². The number of benzene rings is 3. The van der Waals surface area contributed by atoms with E-state index in [-0.39, 0.29) is 22.5 Å². The molecule has 0 bridgehead atoms. The number of anilines is 1. The number of carbonyl (C=O) groups is 2. The highest BCUT2D eigenvalue weighted by molar-refractivity contribution is 5.94. The van der Waals surface area contributed by atoms with Gasteiger partial charge in [-0.2, -0.15) is 10.2 Å². The van der Waals surface area contributed by atoms with Crippen molar-refractivity contribution in [3.63, 3.8) is 0 Å². The molecule has 3 aromatic carbocycles. The monoisotopic (exact) mass is 449 g/mol. The molecule has 0 radical (unpaired) electrons. The highest BCUT2D eigenvalue weighted by atomic mass is 16.5. The van der Waals surface area contributed by atoms with Crippen molar-refractivity contribution in [2.75, 3.05) is 20.0 Å². The smallest absolute Gasteiger partial charge is 0.338 e. The van der Waals surface area contributed by atoms with Crippen molar-refractivity contribution >= 4 is 40.4 Å². The van der Waals surface area contributed by atoms with Crippen LogP contribution in [0.1, 0.15) is 20.7 Å². The van der Waals surface area contributed by atoms with Crippen LogP contribution in [0.5, 0.6) is 11.5 Å². The first-order valence-electron chi connectivity index (χ1n) is 9.38. The minimum absolute atomic E-state index is 0.0931. The van der Waals surface area contributed by atoms with Crippen LogP contribution < -0.4 is 15.2 Å². The second-order valence-electron chi connectivity index (χ2n) is 6.52. The zero-order valence-electron chi connectivity index (χ0n) is 17.6. The number of aromatic carboxylic acids is 2. The summed E-state index contributed by atoms with van der Waals surface area (Å²) in [5.41, 5.74) is 7.25. The molecule has 3 aromatic rings. The normalized spacial score (nSPS) is 11.1. The molecule has 11 nitrogen and oxygen atoms in total. The van der Waals surface area contributed by atoms with Crippen molar-refractivity contribution in [3.8, 4) is 11.5 Å². The van der Waals surface area contributed by atoms with Crippen molar-refractivity contribution in [1.29, 1.82) is 0 Å². The Kier molecular flexibility index (Phi) is 6.94. The van der Waals surface area contributed by atoms with Crippen molar-refractivity contribution in [1.82, 2.24) is 0 Å². The van der Waals surface area contributed by atoms with Gasteiger partial charge in [0.2, 0.25) is 0 Å². The molecule has 0 aromatic heterocycles. The van der Waals surface area contributed by atoms with Gasteiger partial charge in [0.25, 0.3) is 0 Å². The second kappa shape index (κ2) is 10.0.